The van der Waals surface area contributed by atoms with Crippen LogP contribution in [0.3, 0.4) is 0 Å². The van der Waals surface area contributed by atoms with Crippen molar-refractivity contribution in [2.75, 3.05) is 32.8 Å². The predicted octanol–water partition coefficient (Wildman–Crippen LogP) is -0.732. The molecule has 20 heavy (non-hydrogen) atoms. The van der Waals surface area contributed by atoms with Crippen LogP contribution >= 0.6 is 0 Å². The Hall–Kier alpha value is -1.96. The van der Waals surface area contributed by atoms with E-state index in [2.05, 4.69) is 15.4 Å². The molecule has 2 aliphatic heterocycles. The number of nitrogens with zero attached hydrogens (tertiary/aromatic N) is 4. The summed E-state index contributed by atoms with van der Waals surface area (Å²) in [4.78, 5) is 27.7. The second-order valence-corrected chi connectivity index (χ2v) is 4.97. The van der Waals surface area contributed by atoms with Crippen molar-refractivity contribution in [3.8, 4) is 0 Å². The number of aromatic nitrogens is 3. The van der Waals surface area contributed by atoms with E-state index in [4.69, 9.17) is 4.74 Å². The minimum atomic E-state index is -0.284. The molecule has 3 rings (SSSR count). The Balaban J connectivity index is 1.54. The van der Waals surface area contributed by atoms with E-state index in [-0.39, 0.29) is 17.9 Å². The van der Waals surface area contributed by atoms with Gasteiger partial charge in [-0.15, -0.1) is 0 Å². The van der Waals surface area contributed by atoms with Gasteiger partial charge in [-0.05, 0) is 12.8 Å². The van der Waals surface area contributed by atoms with E-state index in [1.807, 2.05) is 0 Å². The topological polar surface area (TPSA) is 91.4 Å². The molecule has 3 heterocycles. The van der Waals surface area contributed by atoms with E-state index in [0.29, 0.717) is 38.5 Å². The lowest BCUT2D eigenvalue weighted by Gasteiger charge is -2.35. The van der Waals surface area contributed by atoms with Crippen molar-refractivity contribution in [2.24, 2.45) is 0 Å². The molecule has 8 heteroatoms. The highest BCUT2D eigenvalue weighted by molar-refractivity contribution is 5.92. The summed E-state index contributed by atoms with van der Waals surface area (Å²) in [6, 6.07) is 0. The fraction of sp³-hybridized carbons (Fsp3) is 0.667. The van der Waals surface area contributed by atoms with Crippen LogP contribution in [0.2, 0.25) is 0 Å². The largest absolute Gasteiger partial charge is 0.368 e. The Kier molecular flexibility index (Phi) is 3.64. The normalized spacial score (nSPS) is 23.1. The fourth-order valence-electron chi connectivity index (χ4n) is 2.57. The van der Waals surface area contributed by atoms with Gasteiger partial charge in [-0.25, -0.2) is 0 Å². The number of carbonyl (C=O) groups is 2. The zero-order valence-corrected chi connectivity index (χ0v) is 11.1. The number of hydrogen-bond donors (Lipinski definition) is 1. The maximum absolute atomic E-state index is 12.2. The Bertz CT molecular complexity index is 475. The van der Waals surface area contributed by atoms with E-state index < -0.39 is 0 Å². The van der Waals surface area contributed by atoms with Crippen molar-refractivity contribution in [1.29, 1.82) is 0 Å². The van der Waals surface area contributed by atoms with Crippen LogP contribution < -0.4 is 0 Å². The smallest absolute Gasteiger partial charge is 0.276 e. The lowest BCUT2D eigenvalue weighted by molar-refractivity contribution is -0.142. The van der Waals surface area contributed by atoms with Crippen molar-refractivity contribution >= 4 is 11.8 Å². The van der Waals surface area contributed by atoms with Gasteiger partial charge in [0, 0.05) is 32.8 Å². The molecule has 108 valence electrons. The molecule has 1 unspecified atom stereocenters. The molecule has 1 atom stereocenters. The molecule has 2 saturated heterocycles. The van der Waals surface area contributed by atoms with Gasteiger partial charge in [0.25, 0.3) is 11.8 Å². The average Bonchev–Trinajstić information content (AvgIpc) is 3.18. The first-order valence-electron chi connectivity index (χ1n) is 6.81. The lowest BCUT2D eigenvalue weighted by atomic mass is 10.2. The fourth-order valence-corrected chi connectivity index (χ4v) is 2.57. The molecule has 0 aliphatic carbocycles. The number of piperazine rings is 1. The molecule has 0 aromatic carbocycles. The summed E-state index contributed by atoms with van der Waals surface area (Å²) in [5.41, 5.74) is 0.309. The first kappa shape index (κ1) is 13.0. The molecule has 1 aromatic heterocycles. The van der Waals surface area contributed by atoms with Crippen molar-refractivity contribution < 1.29 is 14.3 Å². The number of amides is 2. The predicted molar refractivity (Wildman–Crippen MR) is 67.8 cm³/mol. The number of ether oxygens (including phenoxy) is 1. The van der Waals surface area contributed by atoms with Gasteiger partial charge in [0.15, 0.2) is 5.69 Å². The van der Waals surface area contributed by atoms with Gasteiger partial charge in [0.1, 0.15) is 6.10 Å². The van der Waals surface area contributed by atoms with Crippen LogP contribution in [-0.4, -0.2) is 75.9 Å². The van der Waals surface area contributed by atoms with Gasteiger partial charge >= 0.3 is 0 Å². The molecule has 2 fully saturated rings. The van der Waals surface area contributed by atoms with E-state index in [9.17, 15) is 9.59 Å². The van der Waals surface area contributed by atoms with Crippen LogP contribution in [0.4, 0.5) is 0 Å². The Labute approximate surface area is 116 Å². The third-order valence-corrected chi connectivity index (χ3v) is 3.72. The second-order valence-electron chi connectivity index (χ2n) is 4.97. The van der Waals surface area contributed by atoms with Gasteiger partial charge in [0.05, 0.1) is 6.20 Å². The van der Waals surface area contributed by atoms with Crippen molar-refractivity contribution in [1.82, 2.24) is 25.2 Å². The zero-order chi connectivity index (χ0) is 13.9. The van der Waals surface area contributed by atoms with Crippen LogP contribution in [0.25, 0.3) is 0 Å². The van der Waals surface area contributed by atoms with E-state index in [0.717, 1.165) is 12.8 Å². The highest BCUT2D eigenvalue weighted by Gasteiger charge is 2.31. The Morgan fingerprint density at radius 1 is 1.25 bits per heavy atom. The van der Waals surface area contributed by atoms with Gasteiger partial charge < -0.3 is 14.5 Å². The number of rotatable bonds is 2. The zero-order valence-electron chi connectivity index (χ0n) is 11.1. The van der Waals surface area contributed by atoms with Crippen LogP contribution in [-0.2, 0) is 9.53 Å². The lowest BCUT2D eigenvalue weighted by Crippen LogP contribution is -2.52. The van der Waals surface area contributed by atoms with Crippen LogP contribution in [0.1, 0.15) is 23.3 Å². The SMILES string of the molecule is O=C(c1cn[nH]n1)N1CCN(C(=O)C2CCCO2)CC1. The molecule has 0 bridgehead atoms. The highest BCUT2D eigenvalue weighted by atomic mass is 16.5. The van der Waals surface area contributed by atoms with Gasteiger partial charge in [0.2, 0.25) is 0 Å². The van der Waals surface area contributed by atoms with Crippen molar-refractivity contribution in [3.05, 3.63) is 11.9 Å². The van der Waals surface area contributed by atoms with E-state index in [1.54, 1.807) is 9.80 Å². The van der Waals surface area contributed by atoms with Gasteiger partial charge in [-0.2, -0.15) is 15.4 Å². The first-order chi connectivity index (χ1) is 9.75. The molecule has 8 nitrogen and oxygen atoms in total. The second kappa shape index (κ2) is 5.58. The minimum Gasteiger partial charge on any atom is -0.368 e. The monoisotopic (exact) mass is 279 g/mol. The Morgan fingerprint density at radius 2 is 2.00 bits per heavy atom. The van der Waals surface area contributed by atoms with Crippen molar-refractivity contribution in [2.45, 2.75) is 18.9 Å². The van der Waals surface area contributed by atoms with Gasteiger partial charge in [-0.1, -0.05) is 0 Å². The number of aromatic amines is 1. The molecule has 0 spiro atoms. The molecule has 1 aromatic rings. The first-order valence-corrected chi connectivity index (χ1v) is 6.81. The maximum atomic E-state index is 12.2. The molecule has 2 aliphatic rings. The number of hydrogen-bond acceptors (Lipinski definition) is 5. The van der Waals surface area contributed by atoms with Crippen LogP contribution in [0.15, 0.2) is 6.20 Å². The number of carbonyl (C=O) groups excluding carboxylic acids is 2. The maximum Gasteiger partial charge on any atom is 0.276 e. The molecular formula is C12H17N5O3. The highest BCUT2D eigenvalue weighted by Crippen LogP contribution is 2.16. The quantitative estimate of drug-likeness (QED) is 0.770. The summed E-state index contributed by atoms with van der Waals surface area (Å²) in [6.07, 6.45) is 2.87. The third-order valence-electron chi connectivity index (χ3n) is 3.72. The summed E-state index contributed by atoms with van der Waals surface area (Å²) >= 11 is 0. The summed E-state index contributed by atoms with van der Waals surface area (Å²) in [7, 11) is 0. The standard InChI is InChI=1S/C12H17N5O3/c18-11(9-8-13-15-14-9)16-3-5-17(6-4-16)12(19)10-2-1-7-20-10/h8,10H,1-7H2,(H,13,14,15). The third kappa shape index (κ3) is 2.51. The summed E-state index contributed by atoms with van der Waals surface area (Å²) < 4.78 is 5.41. The Morgan fingerprint density at radius 3 is 2.60 bits per heavy atom. The summed E-state index contributed by atoms with van der Waals surface area (Å²) in [5, 5.41) is 9.83. The average molecular weight is 279 g/mol. The van der Waals surface area contributed by atoms with Crippen LogP contribution in [0.5, 0.6) is 0 Å². The molecule has 2 amide bonds. The summed E-state index contributed by atoms with van der Waals surface area (Å²) in [6.45, 7) is 2.79. The van der Waals surface area contributed by atoms with Crippen molar-refractivity contribution in [3.63, 3.8) is 0 Å². The number of H-pyrrole nitrogens is 1. The van der Waals surface area contributed by atoms with E-state index >= 15 is 0 Å². The van der Waals surface area contributed by atoms with Crippen LogP contribution in [0, 0.1) is 0 Å². The molecule has 1 N–H and O–H groups in total. The number of nitrogens with one attached hydrogen (secondary N) is 1. The minimum absolute atomic E-state index is 0.0519. The molecular weight excluding hydrogens is 262 g/mol. The van der Waals surface area contributed by atoms with E-state index in [1.165, 1.54) is 6.20 Å². The summed E-state index contributed by atoms with van der Waals surface area (Å²) in [5.74, 6) is -0.0981. The van der Waals surface area contributed by atoms with Gasteiger partial charge in [-0.3, -0.25) is 9.59 Å². The molecule has 0 radical (unpaired) electrons. The molecule has 0 saturated carbocycles.